The van der Waals surface area contributed by atoms with Crippen molar-refractivity contribution in [1.29, 1.82) is 0 Å². The Balaban J connectivity index is 1.34. The first-order valence-electron chi connectivity index (χ1n) is 44.2. The number of hydrogen-bond donors (Lipinski definition) is 12. The smallest absolute Gasteiger partial charge is 0.220 e. The minimum absolute atomic E-state index is 0.247. The summed E-state index contributed by atoms with van der Waals surface area (Å²) in [6.45, 7) is 1.79. The average molecular weight is 1510 g/mol. The van der Waals surface area contributed by atoms with Gasteiger partial charge in [0.25, 0.3) is 0 Å². The van der Waals surface area contributed by atoms with Crippen LogP contribution in [0.2, 0.25) is 0 Å². The van der Waals surface area contributed by atoms with Gasteiger partial charge in [-0.3, -0.25) is 4.79 Å². The highest BCUT2D eigenvalue weighted by Crippen LogP contribution is 2.34. The summed E-state index contributed by atoms with van der Waals surface area (Å²) in [5.74, 6) is -0.268. The number of carbonyl (C=O) groups excluding carboxylic acids is 1. The molecule has 3 aliphatic heterocycles. The van der Waals surface area contributed by atoms with Crippen molar-refractivity contribution in [2.24, 2.45) is 0 Å². The van der Waals surface area contributed by atoms with Gasteiger partial charge in [0.2, 0.25) is 5.91 Å². The number of aliphatic hydroxyl groups excluding tert-OH is 11. The van der Waals surface area contributed by atoms with Gasteiger partial charge < -0.3 is 89.9 Å². The summed E-state index contributed by atoms with van der Waals surface area (Å²) in [6.07, 6.45) is 58.6. The van der Waals surface area contributed by atoms with Crippen LogP contribution in [0.3, 0.4) is 0 Å². The number of amides is 1. The standard InChI is InChI=1S/C87H163NO18/c1-3-5-7-9-11-13-15-17-19-21-23-25-27-29-31-33-35-37-39-41-43-45-47-49-51-53-55-57-59-61-63-65-75(93)88-70(71(92)64-62-60-58-56-54-52-50-48-46-44-42-40-38-36-34-32-30-28-26-24-22-20-18-16-14-12-10-8-6-4-2)69-101-85-81(99)78(96)83(73(67-90)103-85)106-87-82(100)79(97)84(74(68-91)104-87)105-86-80(98)77(95)76(94)72(66-89)102-86/h15,17,21,23,62,64,70-74,76-87,89-92,94-100H,3-14,16,18-20,22,24-61,63,65-69H2,1-2H3,(H,88,93)/b17-15-,23-21-,64-62+. The van der Waals surface area contributed by atoms with Gasteiger partial charge in [-0.2, -0.15) is 0 Å². The molecule has 3 saturated heterocycles. The van der Waals surface area contributed by atoms with E-state index in [1.807, 2.05) is 6.08 Å². The van der Waals surface area contributed by atoms with Crippen molar-refractivity contribution in [2.45, 2.75) is 484 Å². The van der Waals surface area contributed by atoms with Crippen LogP contribution in [0.1, 0.15) is 380 Å². The van der Waals surface area contributed by atoms with Gasteiger partial charge in [-0.15, -0.1) is 0 Å². The Morgan fingerprint density at radius 3 is 0.962 bits per heavy atom. The maximum absolute atomic E-state index is 13.5. The highest BCUT2D eigenvalue weighted by atomic mass is 16.8. The van der Waals surface area contributed by atoms with Crippen LogP contribution < -0.4 is 5.32 Å². The molecule has 0 aromatic carbocycles. The van der Waals surface area contributed by atoms with Gasteiger partial charge in [0, 0.05) is 6.42 Å². The fourth-order valence-corrected chi connectivity index (χ4v) is 15.1. The zero-order valence-corrected chi connectivity index (χ0v) is 67.2. The first-order valence-corrected chi connectivity index (χ1v) is 44.2. The van der Waals surface area contributed by atoms with Crippen molar-refractivity contribution in [3.8, 4) is 0 Å². The fraction of sp³-hybridized carbons (Fsp3) is 0.920. The Morgan fingerprint density at radius 1 is 0.340 bits per heavy atom. The molecule has 0 aromatic rings. The second-order valence-electron chi connectivity index (χ2n) is 31.7. The molecule has 0 aromatic heterocycles. The average Bonchev–Trinajstić information content (AvgIpc) is 0.780. The van der Waals surface area contributed by atoms with E-state index in [4.69, 9.17) is 28.4 Å². The molecule has 624 valence electrons. The largest absolute Gasteiger partial charge is 0.394 e. The highest BCUT2D eigenvalue weighted by Gasteiger charge is 2.54. The van der Waals surface area contributed by atoms with Crippen molar-refractivity contribution < 1.29 is 89.4 Å². The van der Waals surface area contributed by atoms with E-state index in [9.17, 15) is 61.0 Å². The summed E-state index contributed by atoms with van der Waals surface area (Å²) in [4.78, 5) is 13.5. The van der Waals surface area contributed by atoms with Crippen molar-refractivity contribution in [2.75, 3.05) is 26.4 Å². The van der Waals surface area contributed by atoms with Crippen LogP contribution >= 0.6 is 0 Å². The summed E-state index contributed by atoms with van der Waals surface area (Å²) in [5.41, 5.74) is 0. The topological polar surface area (TPSA) is 307 Å². The van der Waals surface area contributed by atoms with Crippen LogP contribution in [0.4, 0.5) is 0 Å². The molecule has 19 nitrogen and oxygen atoms in total. The predicted molar refractivity (Wildman–Crippen MR) is 425 cm³/mol. The number of carbonyl (C=O) groups is 1. The lowest BCUT2D eigenvalue weighted by atomic mass is 9.96. The molecule has 0 aliphatic carbocycles. The molecule has 3 heterocycles. The number of allylic oxidation sites excluding steroid dienone is 5. The molecule has 106 heavy (non-hydrogen) atoms. The van der Waals surface area contributed by atoms with E-state index in [1.54, 1.807) is 6.08 Å². The van der Waals surface area contributed by atoms with Crippen molar-refractivity contribution in [3.63, 3.8) is 0 Å². The molecule has 12 N–H and O–H groups in total. The molecule has 0 saturated carbocycles. The molecule has 17 unspecified atom stereocenters. The Morgan fingerprint density at radius 2 is 0.623 bits per heavy atom. The van der Waals surface area contributed by atoms with E-state index in [-0.39, 0.29) is 18.9 Å². The summed E-state index contributed by atoms with van der Waals surface area (Å²) in [5, 5.41) is 121. The second kappa shape index (κ2) is 67.5. The SMILES string of the molecule is CCCCCCC/C=C\C/C=C\CCCCCCCCCCCCCCCCCCCCCC(=O)NC(COC1OC(CO)C(OC2OC(CO)C(OC3OC(CO)C(O)C(O)C3O)C(O)C2O)C(O)C1O)C(O)/C=C/CCCCCCCCCCCCCCCCCCCCCCCCCCCCCC. The zero-order valence-electron chi connectivity index (χ0n) is 67.2. The molecule has 19 heteroatoms. The van der Waals surface area contributed by atoms with E-state index in [0.717, 1.165) is 51.4 Å². The Labute approximate surface area is 644 Å². The number of ether oxygens (including phenoxy) is 6. The monoisotopic (exact) mass is 1510 g/mol. The third kappa shape index (κ3) is 46.3. The minimum atomic E-state index is -1.98. The molecule has 3 aliphatic rings. The minimum Gasteiger partial charge on any atom is -0.394 e. The Hall–Kier alpha value is -1.99. The van der Waals surface area contributed by atoms with Crippen LogP contribution in [0.25, 0.3) is 0 Å². The lowest BCUT2D eigenvalue weighted by Gasteiger charge is -2.48. The van der Waals surface area contributed by atoms with Gasteiger partial charge in [-0.05, 0) is 51.4 Å². The molecule has 3 rings (SSSR count). The number of rotatable bonds is 72. The number of aliphatic hydroxyl groups is 11. The van der Waals surface area contributed by atoms with Gasteiger partial charge in [-0.1, -0.05) is 359 Å². The molecular weight excluding hydrogens is 1350 g/mol. The highest BCUT2D eigenvalue weighted by molar-refractivity contribution is 5.76. The quantitative estimate of drug-likeness (QED) is 0.0199. The maximum Gasteiger partial charge on any atom is 0.220 e. The normalized spacial score (nSPS) is 25.8. The van der Waals surface area contributed by atoms with Gasteiger partial charge in [0.05, 0.1) is 38.6 Å². The summed E-state index contributed by atoms with van der Waals surface area (Å²) in [6, 6.07) is -0.974. The third-order valence-corrected chi connectivity index (χ3v) is 22.2. The van der Waals surface area contributed by atoms with E-state index in [1.165, 1.54) is 302 Å². The van der Waals surface area contributed by atoms with Gasteiger partial charge in [-0.25, -0.2) is 0 Å². The van der Waals surface area contributed by atoms with Crippen molar-refractivity contribution in [3.05, 3.63) is 36.5 Å². The molecule has 17 atom stereocenters. The van der Waals surface area contributed by atoms with E-state index >= 15 is 0 Å². The van der Waals surface area contributed by atoms with Gasteiger partial charge in [0.15, 0.2) is 18.9 Å². The van der Waals surface area contributed by atoms with Crippen LogP contribution in [0.15, 0.2) is 36.5 Å². The van der Waals surface area contributed by atoms with Crippen LogP contribution in [0.5, 0.6) is 0 Å². The summed E-state index contributed by atoms with van der Waals surface area (Å²) >= 11 is 0. The Bertz CT molecular complexity index is 2050. The van der Waals surface area contributed by atoms with Gasteiger partial charge >= 0.3 is 0 Å². The van der Waals surface area contributed by atoms with Crippen molar-refractivity contribution in [1.82, 2.24) is 5.32 Å². The predicted octanol–water partition coefficient (Wildman–Crippen LogP) is 16.2. The van der Waals surface area contributed by atoms with E-state index in [0.29, 0.717) is 6.42 Å². The number of nitrogens with one attached hydrogen (secondary N) is 1. The molecule has 1 amide bonds. The number of unbranched alkanes of at least 4 members (excludes halogenated alkanes) is 52. The van der Waals surface area contributed by atoms with Crippen LogP contribution in [0, 0.1) is 0 Å². The first kappa shape index (κ1) is 98.2. The number of hydrogen-bond acceptors (Lipinski definition) is 18. The molecule has 0 spiro atoms. The first-order chi connectivity index (χ1) is 51.8. The third-order valence-electron chi connectivity index (χ3n) is 22.2. The van der Waals surface area contributed by atoms with Gasteiger partial charge in [0.1, 0.15) is 73.2 Å². The summed E-state index contributed by atoms with van der Waals surface area (Å²) < 4.78 is 34.5. The fourth-order valence-electron chi connectivity index (χ4n) is 15.1. The van der Waals surface area contributed by atoms with E-state index in [2.05, 4.69) is 43.5 Å². The molecule has 0 radical (unpaired) electrons. The Kier molecular flexibility index (Phi) is 62.5. The van der Waals surface area contributed by atoms with Crippen LogP contribution in [-0.2, 0) is 33.2 Å². The maximum atomic E-state index is 13.5. The molecular formula is C87H163NO18. The lowest BCUT2D eigenvalue weighted by molar-refractivity contribution is -0.379. The molecule has 0 bridgehead atoms. The zero-order chi connectivity index (χ0) is 76.7. The molecule has 3 fully saturated rings. The van der Waals surface area contributed by atoms with Crippen LogP contribution in [-0.4, -0.2) is 193 Å². The second-order valence-corrected chi connectivity index (χ2v) is 31.7. The van der Waals surface area contributed by atoms with Crippen molar-refractivity contribution >= 4 is 5.91 Å². The summed E-state index contributed by atoms with van der Waals surface area (Å²) in [7, 11) is 0. The lowest BCUT2D eigenvalue weighted by Crippen LogP contribution is -2.66. The van der Waals surface area contributed by atoms with E-state index < -0.39 is 124 Å².